The third kappa shape index (κ3) is 1.83. The monoisotopic (exact) mass is 339 g/mol. The summed E-state index contributed by atoms with van der Waals surface area (Å²) < 4.78 is 0. The van der Waals surface area contributed by atoms with E-state index in [-0.39, 0.29) is 16.0 Å². The summed E-state index contributed by atoms with van der Waals surface area (Å²) in [7, 11) is 0. The molecule has 3 nitrogen and oxygen atoms in total. The summed E-state index contributed by atoms with van der Waals surface area (Å²) in [6.45, 7) is 4.47. The molecule has 0 atom stereocenters. The molecule has 0 aliphatic heterocycles. The van der Waals surface area contributed by atoms with Gasteiger partial charge < -0.3 is 0 Å². The average molecular weight is 339 g/mol. The molecule has 0 fully saturated rings. The second-order valence-corrected chi connectivity index (χ2v) is 7.49. The lowest BCUT2D eigenvalue weighted by atomic mass is 9.81. The van der Waals surface area contributed by atoms with Crippen LogP contribution in [0.1, 0.15) is 25.0 Å². The van der Waals surface area contributed by atoms with Gasteiger partial charge in [0.05, 0.1) is 10.5 Å². The molecule has 0 amide bonds. The standard InChI is InChI=1S/C23H17NO2/c1-23(2)18-8-5-6-14-10-11-15-12-16(13-19(23)22(15)21(14)18)17-7-3-4-9-20(17)24(25)26/h3-13H,1-2H3. The van der Waals surface area contributed by atoms with Crippen molar-refractivity contribution in [1.29, 1.82) is 0 Å². The molecule has 0 N–H and O–H groups in total. The molecule has 0 saturated carbocycles. The van der Waals surface area contributed by atoms with E-state index >= 15 is 0 Å². The topological polar surface area (TPSA) is 43.1 Å². The molecule has 0 bridgehead atoms. The molecule has 0 aromatic heterocycles. The van der Waals surface area contributed by atoms with E-state index in [1.807, 2.05) is 12.1 Å². The van der Waals surface area contributed by atoms with Crippen molar-refractivity contribution in [2.75, 3.05) is 0 Å². The first kappa shape index (κ1) is 15.1. The van der Waals surface area contributed by atoms with Crippen molar-refractivity contribution in [3.05, 3.63) is 88.0 Å². The van der Waals surface area contributed by atoms with Crippen LogP contribution in [0.4, 0.5) is 5.69 Å². The molecule has 1 aliphatic rings. The highest BCUT2D eigenvalue weighted by molar-refractivity contribution is 6.15. The predicted octanol–water partition coefficient (Wildman–Crippen LogP) is 6.21. The molecule has 4 aromatic carbocycles. The predicted molar refractivity (Wildman–Crippen MR) is 106 cm³/mol. The van der Waals surface area contributed by atoms with Gasteiger partial charge in [0.25, 0.3) is 5.69 Å². The minimum Gasteiger partial charge on any atom is -0.258 e. The molecule has 0 spiro atoms. The largest absolute Gasteiger partial charge is 0.277 e. The number of hydrogen-bond acceptors (Lipinski definition) is 2. The number of rotatable bonds is 2. The lowest BCUT2D eigenvalue weighted by molar-refractivity contribution is -0.384. The average Bonchev–Trinajstić information content (AvgIpc) is 2.88. The zero-order valence-corrected chi connectivity index (χ0v) is 14.6. The van der Waals surface area contributed by atoms with Crippen molar-refractivity contribution >= 4 is 27.2 Å². The van der Waals surface area contributed by atoms with Crippen LogP contribution < -0.4 is 0 Å². The molecule has 0 radical (unpaired) electrons. The molecule has 4 aromatic rings. The molecule has 1 aliphatic carbocycles. The van der Waals surface area contributed by atoms with Gasteiger partial charge in [0.15, 0.2) is 0 Å². The number of nitro benzene ring substituents is 1. The van der Waals surface area contributed by atoms with Crippen molar-refractivity contribution in [2.24, 2.45) is 0 Å². The van der Waals surface area contributed by atoms with Crippen LogP contribution in [0.5, 0.6) is 0 Å². The van der Waals surface area contributed by atoms with Crippen molar-refractivity contribution in [1.82, 2.24) is 0 Å². The van der Waals surface area contributed by atoms with Gasteiger partial charge in [0.1, 0.15) is 0 Å². The first-order valence-electron chi connectivity index (χ1n) is 8.73. The van der Waals surface area contributed by atoms with Crippen LogP contribution in [-0.4, -0.2) is 4.92 Å². The Morgan fingerprint density at radius 1 is 0.808 bits per heavy atom. The molecule has 3 heteroatoms. The van der Waals surface area contributed by atoms with Gasteiger partial charge in [0, 0.05) is 11.5 Å². The molecule has 5 rings (SSSR count). The van der Waals surface area contributed by atoms with E-state index < -0.39 is 0 Å². The first-order chi connectivity index (χ1) is 12.5. The van der Waals surface area contributed by atoms with E-state index in [0.29, 0.717) is 5.56 Å². The van der Waals surface area contributed by atoms with E-state index in [4.69, 9.17) is 0 Å². The summed E-state index contributed by atoms with van der Waals surface area (Å²) in [4.78, 5) is 11.2. The van der Waals surface area contributed by atoms with E-state index in [0.717, 1.165) is 10.9 Å². The van der Waals surface area contributed by atoms with E-state index in [2.05, 4.69) is 56.3 Å². The molecule has 0 unspecified atom stereocenters. The normalized spacial score (nSPS) is 14.4. The lowest BCUT2D eigenvalue weighted by Crippen LogP contribution is -2.15. The van der Waals surface area contributed by atoms with Crippen LogP contribution in [0.15, 0.2) is 66.7 Å². The van der Waals surface area contributed by atoms with Gasteiger partial charge in [-0.25, -0.2) is 0 Å². The number of para-hydroxylation sites is 1. The maximum absolute atomic E-state index is 11.5. The summed E-state index contributed by atoms with van der Waals surface area (Å²) in [6.07, 6.45) is 0. The molecule has 0 heterocycles. The molecule has 0 saturated heterocycles. The van der Waals surface area contributed by atoms with Crippen LogP contribution in [0.25, 0.3) is 32.7 Å². The number of benzene rings is 4. The SMILES string of the molecule is CC1(C)c2cccc3ccc4cc(-c5ccccc5[N+](=O)[O-])cc1c4c23. The van der Waals surface area contributed by atoms with Crippen molar-refractivity contribution in [3.8, 4) is 11.1 Å². The maximum Gasteiger partial charge on any atom is 0.277 e. The van der Waals surface area contributed by atoms with Crippen molar-refractivity contribution in [3.63, 3.8) is 0 Å². The zero-order chi connectivity index (χ0) is 18.1. The van der Waals surface area contributed by atoms with Gasteiger partial charge in [-0.1, -0.05) is 56.3 Å². The van der Waals surface area contributed by atoms with Crippen LogP contribution >= 0.6 is 0 Å². The van der Waals surface area contributed by atoms with Crippen molar-refractivity contribution < 1.29 is 4.92 Å². The Labute approximate surface area is 151 Å². The van der Waals surface area contributed by atoms with Gasteiger partial charge in [-0.3, -0.25) is 10.1 Å². The van der Waals surface area contributed by atoms with Crippen LogP contribution in [0.2, 0.25) is 0 Å². The highest BCUT2D eigenvalue weighted by Crippen LogP contribution is 2.50. The minimum absolute atomic E-state index is 0.124. The summed E-state index contributed by atoms with van der Waals surface area (Å²) in [5, 5.41) is 16.5. The quantitative estimate of drug-likeness (QED) is 0.248. The highest BCUT2D eigenvalue weighted by atomic mass is 16.6. The van der Waals surface area contributed by atoms with Gasteiger partial charge in [0.2, 0.25) is 0 Å². The smallest absolute Gasteiger partial charge is 0.258 e. The molecule has 26 heavy (non-hydrogen) atoms. The Hall–Kier alpha value is -3.20. The lowest BCUT2D eigenvalue weighted by Gasteiger charge is -2.22. The van der Waals surface area contributed by atoms with Crippen LogP contribution in [-0.2, 0) is 5.41 Å². The Bertz CT molecular complexity index is 1240. The van der Waals surface area contributed by atoms with E-state index in [9.17, 15) is 10.1 Å². The Kier molecular flexibility index (Phi) is 2.85. The Morgan fingerprint density at radius 2 is 1.54 bits per heavy atom. The Balaban J connectivity index is 1.90. The summed E-state index contributed by atoms with van der Waals surface area (Å²) in [5.41, 5.74) is 4.17. The summed E-state index contributed by atoms with van der Waals surface area (Å²) in [5.74, 6) is 0. The number of nitro groups is 1. The summed E-state index contributed by atoms with van der Waals surface area (Å²) >= 11 is 0. The summed E-state index contributed by atoms with van der Waals surface area (Å²) in [6, 6.07) is 21.9. The van der Waals surface area contributed by atoms with E-state index in [1.54, 1.807) is 12.1 Å². The fourth-order valence-electron chi connectivity index (χ4n) is 4.43. The first-order valence-corrected chi connectivity index (χ1v) is 8.73. The fourth-order valence-corrected chi connectivity index (χ4v) is 4.43. The number of hydrogen-bond donors (Lipinski definition) is 0. The van der Waals surface area contributed by atoms with Gasteiger partial charge in [-0.2, -0.15) is 0 Å². The molecular weight excluding hydrogens is 322 g/mol. The van der Waals surface area contributed by atoms with Gasteiger partial charge in [-0.15, -0.1) is 0 Å². The molecular formula is C23H17NO2. The van der Waals surface area contributed by atoms with Gasteiger partial charge in [-0.05, 0) is 56.4 Å². The second-order valence-electron chi connectivity index (χ2n) is 7.49. The molecule has 126 valence electrons. The van der Waals surface area contributed by atoms with Gasteiger partial charge >= 0.3 is 0 Å². The van der Waals surface area contributed by atoms with Crippen LogP contribution in [0, 0.1) is 10.1 Å². The zero-order valence-electron chi connectivity index (χ0n) is 14.6. The number of nitrogens with zero attached hydrogens (tertiary/aromatic N) is 1. The fraction of sp³-hybridized carbons (Fsp3) is 0.130. The third-order valence-corrected chi connectivity index (χ3v) is 5.72. The van der Waals surface area contributed by atoms with Crippen molar-refractivity contribution in [2.45, 2.75) is 19.3 Å². The Morgan fingerprint density at radius 3 is 2.35 bits per heavy atom. The third-order valence-electron chi connectivity index (χ3n) is 5.72. The second kappa shape index (κ2) is 4.92. The van der Waals surface area contributed by atoms with E-state index in [1.165, 1.54) is 27.3 Å². The minimum atomic E-state index is -0.304. The van der Waals surface area contributed by atoms with Crippen LogP contribution in [0.3, 0.4) is 0 Å². The maximum atomic E-state index is 11.5. The highest BCUT2D eigenvalue weighted by Gasteiger charge is 2.34.